The topological polar surface area (TPSA) is 55.6 Å². The molecule has 0 aromatic heterocycles. The van der Waals surface area contributed by atoms with Crippen LogP contribution in [0.4, 0.5) is 0 Å². The second kappa shape index (κ2) is 6.80. The Labute approximate surface area is 91.8 Å². The van der Waals surface area contributed by atoms with Crippen LogP contribution in [0.1, 0.15) is 32.1 Å². The maximum Gasteiger partial charge on any atom is 0.239 e. The monoisotopic (exact) mass is 214 g/mol. The van der Waals surface area contributed by atoms with Gasteiger partial charge in [0.15, 0.2) is 0 Å². The molecule has 1 saturated heterocycles. The minimum atomic E-state index is -0.386. The van der Waals surface area contributed by atoms with Crippen molar-refractivity contribution in [2.24, 2.45) is 5.73 Å². The van der Waals surface area contributed by atoms with Crippen molar-refractivity contribution >= 4 is 5.91 Å². The van der Waals surface area contributed by atoms with E-state index in [1.54, 1.807) is 7.11 Å². The smallest absolute Gasteiger partial charge is 0.239 e. The molecule has 1 unspecified atom stereocenters. The zero-order chi connectivity index (χ0) is 11.1. The van der Waals surface area contributed by atoms with Crippen LogP contribution in [0, 0.1) is 0 Å². The number of carbonyl (C=O) groups excluding carboxylic acids is 1. The molecule has 4 nitrogen and oxygen atoms in total. The lowest BCUT2D eigenvalue weighted by atomic mass is 10.2. The lowest BCUT2D eigenvalue weighted by Gasteiger charge is -2.23. The number of nitrogens with two attached hydrogens (primary N) is 1. The summed E-state index contributed by atoms with van der Waals surface area (Å²) in [5, 5.41) is 0. The predicted molar refractivity (Wildman–Crippen MR) is 59.5 cm³/mol. The van der Waals surface area contributed by atoms with Gasteiger partial charge < -0.3 is 15.4 Å². The van der Waals surface area contributed by atoms with E-state index in [2.05, 4.69) is 0 Å². The van der Waals surface area contributed by atoms with Gasteiger partial charge in [-0.3, -0.25) is 4.79 Å². The van der Waals surface area contributed by atoms with Crippen LogP contribution < -0.4 is 5.73 Å². The van der Waals surface area contributed by atoms with Gasteiger partial charge in [-0.25, -0.2) is 0 Å². The SMILES string of the molecule is COCCC(N)C(=O)N1CCCCCC1. The van der Waals surface area contributed by atoms with Crippen LogP contribution in [0.2, 0.25) is 0 Å². The zero-order valence-electron chi connectivity index (χ0n) is 9.58. The van der Waals surface area contributed by atoms with Crippen LogP contribution in [-0.2, 0) is 9.53 Å². The summed E-state index contributed by atoms with van der Waals surface area (Å²) >= 11 is 0. The molecule has 0 spiro atoms. The maximum atomic E-state index is 11.9. The maximum absolute atomic E-state index is 11.9. The number of amides is 1. The van der Waals surface area contributed by atoms with Crippen LogP contribution in [0.25, 0.3) is 0 Å². The molecule has 1 rings (SSSR count). The van der Waals surface area contributed by atoms with E-state index in [0.717, 1.165) is 25.9 Å². The van der Waals surface area contributed by atoms with Gasteiger partial charge in [0.2, 0.25) is 5.91 Å². The minimum absolute atomic E-state index is 0.0916. The van der Waals surface area contributed by atoms with E-state index in [4.69, 9.17) is 10.5 Å². The minimum Gasteiger partial charge on any atom is -0.385 e. The van der Waals surface area contributed by atoms with Gasteiger partial charge in [0.05, 0.1) is 6.04 Å². The van der Waals surface area contributed by atoms with E-state index >= 15 is 0 Å². The normalized spacial score (nSPS) is 19.7. The Kier molecular flexibility index (Phi) is 5.65. The highest BCUT2D eigenvalue weighted by molar-refractivity contribution is 5.81. The van der Waals surface area contributed by atoms with E-state index in [0.29, 0.717) is 13.0 Å². The summed E-state index contributed by atoms with van der Waals surface area (Å²) in [6, 6.07) is -0.386. The first-order valence-corrected chi connectivity index (χ1v) is 5.79. The van der Waals surface area contributed by atoms with Gasteiger partial charge in [-0.15, -0.1) is 0 Å². The zero-order valence-corrected chi connectivity index (χ0v) is 9.58. The third-order valence-corrected chi connectivity index (χ3v) is 2.87. The molecule has 1 atom stereocenters. The van der Waals surface area contributed by atoms with Crippen molar-refractivity contribution in [3.05, 3.63) is 0 Å². The van der Waals surface area contributed by atoms with Gasteiger partial charge in [-0.2, -0.15) is 0 Å². The molecule has 88 valence electrons. The van der Waals surface area contributed by atoms with Crippen LogP contribution >= 0.6 is 0 Å². The largest absolute Gasteiger partial charge is 0.385 e. The molecular weight excluding hydrogens is 192 g/mol. The molecule has 0 aliphatic carbocycles. The number of carbonyl (C=O) groups is 1. The predicted octanol–water partition coefficient (Wildman–Crippen LogP) is 0.753. The Bertz CT molecular complexity index is 189. The molecule has 0 radical (unpaired) electrons. The van der Waals surface area contributed by atoms with Gasteiger partial charge in [-0.05, 0) is 19.3 Å². The molecule has 2 N–H and O–H groups in total. The Morgan fingerprint density at radius 2 is 1.93 bits per heavy atom. The average molecular weight is 214 g/mol. The first kappa shape index (κ1) is 12.5. The highest BCUT2D eigenvalue weighted by Gasteiger charge is 2.21. The number of nitrogens with zero attached hydrogens (tertiary/aromatic N) is 1. The summed E-state index contributed by atoms with van der Waals surface area (Å²) in [6.07, 6.45) is 5.31. The molecule has 0 aromatic rings. The van der Waals surface area contributed by atoms with E-state index in [1.165, 1.54) is 12.8 Å². The fraction of sp³-hybridized carbons (Fsp3) is 0.909. The third kappa shape index (κ3) is 4.18. The second-order valence-electron chi connectivity index (χ2n) is 4.13. The summed E-state index contributed by atoms with van der Waals surface area (Å²) in [5.74, 6) is 0.0916. The highest BCUT2D eigenvalue weighted by atomic mass is 16.5. The van der Waals surface area contributed by atoms with Gasteiger partial charge in [0, 0.05) is 26.8 Å². The highest BCUT2D eigenvalue weighted by Crippen LogP contribution is 2.11. The second-order valence-corrected chi connectivity index (χ2v) is 4.13. The number of methoxy groups -OCH3 is 1. The van der Waals surface area contributed by atoms with E-state index in [9.17, 15) is 4.79 Å². The number of hydrogen-bond acceptors (Lipinski definition) is 3. The third-order valence-electron chi connectivity index (χ3n) is 2.87. The molecule has 4 heteroatoms. The van der Waals surface area contributed by atoms with Gasteiger partial charge in [-0.1, -0.05) is 12.8 Å². The van der Waals surface area contributed by atoms with Crippen molar-refractivity contribution in [2.45, 2.75) is 38.1 Å². The Morgan fingerprint density at radius 1 is 1.33 bits per heavy atom. The summed E-state index contributed by atoms with van der Waals surface area (Å²) in [5.41, 5.74) is 5.81. The quantitative estimate of drug-likeness (QED) is 0.751. The van der Waals surface area contributed by atoms with Gasteiger partial charge >= 0.3 is 0 Å². The van der Waals surface area contributed by atoms with E-state index in [1.807, 2.05) is 4.90 Å². The first-order chi connectivity index (χ1) is 7.25. The average Bonchev–Trinajstić information content (AvgIpc) is 2.53. The van der Waals surface area contributed by atoms with Crippen molar-refractivity contribution < 1.29 is 9.53 Å². The molecule has 0 aromatic carbocycles. The summed E-state index contributed by atoms with van der Waals surface area (Å²) in [4.78, 5) is 13.8. The summed E-state index contributed by atoms with van der Waals surface area (Å²) in [7, 11) is 1.63. The fourth-order valence-corrected chi connectivity index (χ4v) is 1.89. The molecule has 1 aliphatic heterocycles. The molecule has 1 amide bonds. The Balaban J connectivity index is 2.35. The van der Waals surface area contributed by atoms with Gasteiger partial charge in [0.1, 0.15) is 0 Å². The standard InChI is InChI=1S/C11H22N2O2/c1-15-9-6-10(12)11(14)13-7-4-2-3-5-8-13/h10H,2-9,12H2,1H3. The van der Waals surface area contributed by atoms with Crippen molar-refractivity contribution in [1.82, 2.24) is 4.90 Å². The molecule has 15 heavy (non-hydrogen) atoms. The van der Waals surface area contributed by atoms with Gasteiger partial charge in [0.25, 0.3) is 0 Å². The molecular formula is C11H22N2O2. The Morgan fingerprint density at radius 3 is 2.47 bits per heavy atom. The number of ether oxygens (including phenoxy) is 1. The van der Waals surface area contributed by atoms with Crippen LogP contribution in [-0.4, -0.2) is 43.7 Å². The van der Waals surface area contributed by atoms with Crippen molar-refractivity contribution in [3.63, 3.8) is 0 Å². The fourth-order valence-electron chi connectivity index (χ4n) is 1.89. The van der Waals surface area contributed by atoms with Crippen LogP contribution in [0.5, 0.6) is 0 Å². The summed E-state index contributed by atoms with van der Waals surface area (Å²) < 4.78 is 4.92. The van der Waals surface area contributed by atoms with Crippen LogP contribution in [0.15, 0.2) is 0 Å². The van der Waals surface area contributed by atoms with E-state index < -0.39 is 0 Å². The molecule has 0 saturated carbocycles. The van der Waals surface area contributed by atoms with Crippen molar-refractivity contribution in [2.75, 3.05) is 26.8 Å². The molecule has 1 fully saturated rings. The van der Waals surface area contributed by atoms with Crippen LogP contribution in [0.3, 0.4) is 0 Å². The van der Waals surface area contributed by atoms with Crippen molar-refractivity contribution in [3.8, 4) is 0 Å². The lowest BCUT2D eigenvalue weighted by molar-refractivity contribution is -0.132. The number of rotatable bonds is 4. The number of hydrogen-bond donors (Lipinski definition) is 1. The van der Waals surface area contributed by atoms with Crippen molar-refractivity contribution in [1.29, 1.82) is 0 Å². The Hall–Kier alpha value is -0.610. The molecule has 1 aliphatic rings. The molecule has 1 heterocycles. The summed E-state index contributed by atoms with van der Waals surface area (Å²) in [6.45, 7) is 2.31. The van der Waals surface area contributed by atoms with E-state index in [-0.39, 0.29) is 11.9 Å². The first-order valence-electron chi connectivity index (χ1n) is 5.79. The lowest BCUT2D eigenvalue weighted by Crippen LogP contribution is -2.44. The molecule has 0 bridgehead atoms. The number of likely N-dealkylation sites (tertiary alicyclic amines) is 1.